The second-order valence-electron chi connectivity index (χ2n) is 8.41. The lowest BCUT2D eigenvalue weighted by Gasteiger charge is -2.33. The number of anilines is 1. The molecule has 6 nitrogen and oxygen atoms in total. The monoisotopic (exact) mass is 445 g/mol. The summed E-state index contributed by atoms with van der Waals surface area (Å²) < 4.78 is 37.3. The molecule has 0 bridgehead atoms. The van der Waals surface area contributed by atoms with Gasteiger partial charge in [-0.05, 0) is 43.0 Å². The summed E-state index contributed by atoms with van der Waals surface area (Å²) in [7, 11) is 1.46. The van der Waals surface area contributed by atoms with Crippen LogP contribution < -0.4 is 10.5 Å². The number of nitrogen functional groups attached to an aromatic ring is 1. The zero-order valence-corrected chi connectivity index (χ0v) is 18.1. The number of benzene rings is 2. The molecule has 0 aliphatic heterocycles. The highest BCUT2D eigenvalue weighted by Crippen LogP contribution is 2.42. The molecule has 1 fully saturated rings. The number of rotatable bonds is 4. The Morgan fingerprint density at radius 1 is 1.15 bits per heavy atom. The van der Waals surface area contributed by atoms with Gasteiger partial charge in [0.25, 0.3) is 0 Å². The predicted molar refractivity (Wildman–Crippen MR) is 121 cm³/mol. The lowest BCUT2D eigenvalue weighted by Crippen LogP contribution is -2.26. The van der Waals surface area contributed by atoms with Crippen molar-refractivity contribution in [1.82, 2.24) is 14.8 Å². The number of nitrogens with two attached hydrogens (primary N) is 1. The Morgan fingerprint density at radius 3 is 2.58 bits per heavy atom. The molecule has 0 radical (unpaired) electrons. The molecule has 166 valence electrons. The average Bonchev–Trinajstić information content (AvgIpc) is 3.12. The number of ether oxygens (including phenoxy) is 1. The number of hydrogen-bond acceptors (Lipinski definition) is 5. The summed E-state index contributed by atoms with van der Waals surface area (Å²) in [5.74, 6) is -0.00574. The third kappa shape index (κ3) is 3.28. The highest BCUT2D eigenvalue weighted by molar-refractivity contribution is 5.92. The first-order chi connectivity index (χ1) is 15.9. The van der Waals surface area contributed by atoms with Gasteiger partial charge in [0.15, 0.2) is 5.82 Å². The third-order valence-corrected chi connectivity index (χ3v) is 6.26. The van der Waals surface area contributed by atoms with Crippen molar-refractivity contribution < 1.29 is 13.5 Å². The van der Waals surface area contributed by atoms with E-state index >= 15 is 4.39 Å². The van der Waals surface area contributed by atoms with Crippen molar-refractivity contribution >= 4 is 16.7 Å². The highest BCUT2D eigenvalue weighted by atomic mass is 19.1. The molecule has 1 aliphatic rings. The summed E-state index contributed by atoms with van der Waals surface area (Å²) in [6, 6.07) is 13.1. The molecular formula is C25H21F2N5O. The van der Waals surface area contributed by atoms with Crippen molar-refractivity contribution in [3.63, 3.8) is 0 Å². The van der Waals surface area contributed by atoms with Gasteiger partial charge in [0, 0.05) is 22.6 Å². The summed E-state index contributed by atoms with van der Waals surface area (Å²) in [6.07, 6.45) is 1.81. The summed E-state index contributed by atoms with van der Waals surface area (Å²) in [5.41, 5.74) is 7.09. The highest BCUT2D eigenvalue weighted by Gasteiger charge is 2.32. The number of nitriles is 1. The first kappa shape index (κ1) is 20.9. The van der Waals surface area contributed by atoms with Crippen LogP contribution in [0.5, 0.6) is 5.75 Å². The fraction of sp³-hybridized carbons (Fsp3) is 0.240. The molecule has 2 aromatic heterocycles. The summed E-state index contributed by atoms with van der Waals surface area (Å²) in [5, 5.41) is 14.7. The van der Waals surface area contributed by atoms with Gasteiger partial charge in [-0.1, -0.05) is 19.1 Å². The van der Waals surface area contributed by atoms with E-state index in [0.29, 0.717) is 17.1 Å². The van der Waals surface area contributed by atoms with E-state index in [9.17, 15) is 9.65 Å². The van der Waals surface area contributed by atoms with Crippen molar-refractivity contribution in [3.8, 4) is 34.3 Å². The van der Waals surface area contributed by atoms with E-state index < -0.39 is 11.6 Å². The van der Waals surface area contributed by atoms with E-state index in [-0.39, 0.29) is 45.5 Å². The summed E-state index contributed by atoms with van der Waals surface area (Å²) in [4.78, 5) is 4.41. The number of fused-ring (bicyclic) bond motifs is 1. The van der Waals surface area contributed by atoms with E-state index in [0.717, 1.165) is 12.8 Å². The van der Waals surface area contributed by atoms with E-state index in [4.69, 9.17) is 10.5 Å². The standard InChI is InChI=1S/C25H21F2N5O/c1-13-9-14(10-13)32-25(29)18(12-28)23(31-32)17-8-7-16-21(33-2)11-20(30-24(16)22(17)27)15-5-3-4-6-19(15)26/h3-8,11,13-14H,9-10,29H2,1-2H3. The van der Waals surface area contributed by atoms with Crippen LogP contribution in [0, 0.1) is 28.9 Å². The zero-order valence-electron chi connectivity index (χ0n) is 18.1. The molecule has 0 saturated heterocycles. The van der Waals surface area contributed by atoms with Crippen LogP contribution in [0.3, 0.4) is 0 Å². The number of nitrogens with zero attached hydrogens (tertiary/aromatic N) is 4. The quantitative estimate of drug-likeness (QED) is 0.449. The van der Waals surface area contributed by atoms with Gasteiger partial charge in [-0.2, -0.15) is 10.4 Å². The van der Waals surface area contributed by atoms with Crippen molar-refractivity contribution in [3.05, 3.63) is 59.7 Å². The molecule has 2 aromatic carbocycles. The Labute approximate surface area is 189 Å². The van der Waals surface area contributed by atoms with Crippen molar-refractivity contribution in [2.45, 2.75) is 25.8 Å². The second kappa shape index (κ2) is 7.85. The van der Waals surface area contributed by atoms with Crippen LogP contribution in [0.2, 0.25) is 0 Å². The Balaban J connectivity index is 1.71. The van der Waals surface area contributed by atoms with Crippen LogP contribution >= 0.6 is 0 Å². The average molecular weight is 445 g/mol. The van der Waals surface area contributed by atoms with Crippen LogP contribution in [0.15, 0.2) is 42.5 Å². The maximum atomic E-state index is 15.9. The minimum absolute atomic E-state index is 0.000573. The van der Waals surface area contributed by atoms with E-state index in [1.807, 2.05) is 0 Å². The van der Waals surface area contributed by atoms with Crippen LogP contribution in [0.4, 0.5) is 14.6 Å². The lowest BCUT2D eigenvalue weighted by molar-refractivity contribution is 0.203. The molecule has 1 aliphatic carbocycles. The van der Waals surface area contributed by atoms with Gasteiger partial charge in [-0.25, -0.2) is 18.4 Å². The summed E-state index contributed by atoms with van der Waals surface area (Å²) in [6.45, 7) is 2.14. The van der Waals surface area contributed by atoms with Gasteiger partial charge >= 0.3 is 0 Å². The van der Waals surface area contributed by atoms with Crippen LogP contribution in [-0.2, 0) is 0 Å². The van der Waals surface area contributed by atoms with E-state index in [1.165, 1.54) is 13.2 Å². The van der Waals surface area contributed by atoms with Crippen LogP contribution in [0.25, 0.3) is 33.4 Å². The molecule has 0 amide bonds. The smallest absolute Gasteiger partial charge is 0.159 e. The number of methoxy groups -OCH3 is 1. The summed E-state index contributed by atoms with van der Waals surface area (Å²) >= 11 is 0. The number of halogens is 2. The van der Waals surface area contributed by atoms with Crippen LogP contribution in [-0.4, -0.2) is 21.9 Å². The van der Waals surface area contributed by atoms with Crippen molar-refractivity contribution in [1.29, 1.82) is 5.26 Å². The van der Waals surface area contributed by atoms with Crippen molar-refractivity contribution in [2.75, 3.05) is 12.8 Å². The fourth-order valence-electron chi connectivity index (χ4n) is 4.47. The third-order valence-electron chi connectivity index (χ3n) is 6.26. The Morgan fingerprint density at radius 2 is 1.91 bits per heavy atom. The number of aromatic nitrogens is 3. The Bertz CT molecular complexity index is 1430. The molecule has 0 unspecified atom stereocenters. The normalized spacial score (nSPS) is 17.5. The zero-order chi connectivity index (χ0) is 23.3. The topological polar surface area (TPSA) is 89.8 Å². The molecule has 33 heavy (non-hydrogen) atoms. The second-order valence-corrected chi connectivity index (χ2v) is 8.41. The minimum atomic E-state index is -0.674. The minimum Gasteiger partial charge on any atom is -0.496 e. The molecule has 1 saturated carbocycles. The Kier molecular flexibility index (Phi) is 4.97. The first-order valence-corrected chi connectivity index (χ1v) is 10.6. The van der Waals surface area contributed by atoms with Gasteiger partial charge < -0.3 is 10.5 Å². The molecular weight excluding hydrogens is 424 g/mol. The van der Waals surface area contributed by atoms with Gasteiger partial charge in [0.05, 0.1) is 18.8 Å². The maximum Gasteiger partial charge on any atom is 0.159 e. The number of pyridine rings is 1. The maximum absolute atomic E-state index is 15.9. The largest absolute Gasteiger partial charge is 0.496 e. The molecule has 2 heterocycles. The van der Waals surface area contributed by atoms with E-state index in [1.54, 1.807) is 41.1 Å². The Hall–Kier alpha value is -3.99. The molecule has 2 N–H and O–H groups in total. The fourth-order valence-corrected chi connectivity index (χ4v) is 4.47. The van der Waals surface area contributed by atoms with Gasteiger partial charge in [0.2, 0.25) is 0 Å². The van der Waals surface area contributed by atoms with E-state index in [2.05, 4.69) is 23.1 Å². The van der Waals surface area contributed by atoms with Gasteiger partial charge in [-0.15, -0.1) is 0 Å². The molecule has 4 aromatic rings. The molecule has 0 atom stereocenters. The molecule has 5 rings (SSSR count). The molecule has 8 heteroatoms. The van der Waals surface area contributed by atoms with Gasteiger partial charge in [0.1, 0.15) is 40.2 Å². The van der Waals surface area contributed by atoms with Crippen LogP contribution in [0.1, 0.15) is 31.4 Å². The lowest BCUT2D eigenvalue weighted by atomic mass is 9.82. The first-order valence-electron chi connectivity index (χ1n) is 10.6. The van der Waals surface area contributed by atoms with Gasteiger partial charge in [-0.3, -0.25) is 0 Å². The SMILES string of the molecule is COc1cc(-c2ccccc2F)nc2c(F)c(-c3nn(C4CC(C)C4)c(N)c3C#N)ccc12. The predicted octanol–water partition coefficient (Wildman–Crippen LogP) is 5.48. The number of hydrogen-bond donors (Lipinski definition) is 1. The molecule has 0 spiro atoms. The van der Waals surface area contributed by atoms with Crippen molar-refractivity contribution in [2.24, 2.45) is 5.92 Å².